The maximum Gasteiger partial charge on any atom is 0.433 e. The van der Waals surface area contributed by atoms with Gasteiger partial charge in [-0.25, -0.2) is 0 Å². The van der Waals surface area contributed by atoms with Crippen molar-refractivity contribution in [1.82, 2.24) is 0 Å². The van der Waals surface area contributed by atoms with Crippen molar-refractivity contribution < 1.29 is 9.34 Å². The summed E-state index contributed by atoms with van der Waals surface area (Å²) < 4.78 is 5.09. The van der Waals surface area contributed by atoms with Crippen LogP contribution in [-0.4, -0.2) is 4.92 Å². The van der Waals surface area contributed by atoms with Gasteiger partial charge in [-0.3, -0.25) is 10.1 Å². The second-order valence-electron chi connectivity index (χ2n) is 3.10. The molecule has 0 aliphatic rings. The van der Waals surface area contributed by atoms with E-state index in [9.17, 15) is 10.1 Å². The summed E-state index contributed by atoms with van der Waals surface area (Å²) in [5, 5.41) is 10.4. The average molecular weight is 202 g/mol. The number of benzene rings is 1. The van der Waals surface area contributed by atoms with Gasteiger partial charge in [-0.2, -0.15) is 0 Å². The molecule has 2 rings (SSSR count). The third-order valence-corrected chi connectivity index (χ3v) is 2.10. The highest BCUT2D eigenvalue weighted by molar-refractivity contribution is 5.62. The van der Waals surface area contributed by atoms with E-state index in [-0.39, 0.29) is 5.88 Å². The van der Waals surface area contributed by atoms with E-state index >= 15 is 0 Å². The predicted molar refractivity (Wildman–Crippen MR) is 54.4 cm³/mol. The molecule has 0 aliphatic carbocycles. The van der Waals surface area contributed by atoms with Gasteiger partial charge in [0.1, 0.15) is 10.7 Å². The molecule has 2 aromatic rings. The van der Waals surface area contributed by atoms with E-state index in [1.54, 1.807) is 12.1 Å². The van der Waals surface area contributed by atoms with Crippen LogP contribution in [0.3, 0.4) is 0 Å². The minimum Gasteiger partial charge on any atom is -0.401 e. The van der Waals surface area contributed by atoms with Gasteiger partial charge in [0.25, 0.3) is 0 Å². The highest BCUT2D eigenvalue weighted by atomic mass is 16.6. The van der Waals surface area contributed by atoms with Crippen LogP contribution >= 0.6 is 0 Å². The molecule has 0 spiro atoms. The van der Waals surface area contributed by atoms with Crippen LogP contribution in [0.15, 0.2) is 34.7 Å². The first kappa shape index (κ1) is 9.45. The van der Waals surface area contributed by atoms with Gasteiger partial charge in [-0.1, -0.05) is 18.2 Å². The molecule has 0 bridgehead atoms. The number of aryl methyl sites for hydroxylation is 1. The summed E-state index contributed by atoms with van der Waals surface area (Å²) in [7, 11) is 0. The van der Waals surface area contributed by atoms with E-state index in [1.165, 1.54) is 6.07 Å². The van der Waals surface area contributed by atoms with E-state index in [4.69, 9.17) is 4.42 Å². The van der Waals surface area contributed by atoms with Crippen LogP contribution < -0.4 is 0 Å². The third kappa shape index (κ3) is 1.74. The molecule has 0 unspecified atom stereocenters. The van der Waals surface area contributed by atoms with Crippen molar-refractivity contribution in [3.05, 3.63) is 52.1 Å². The second-order valence-corrected chi connectivity index (χ2v) is 3.10. The van der Waals surface area contributed by atoms with Crippen LogP contribution in [0.1, 0.15) is 5.56 Å². The summed E-state index contributed by atoms with van der Waals surface area (Å²) in [6.45, 7) is 1.88. The Balaban J connectivity index is 2.46. The molecule has 15 heavy (non-hydrogen) atoms. The molecule has 75 valence electrons. The number of hydrogen-bond donors (Lipinski definition) is 0. The summed E-state index contributed by atoms with van der Waals surface area (Å²) in [4.78, 5) is 9.88. The van der Waals surface area contributed by atoms with Gasteiger partial charge in [0, 0.05) is 5.56 Å². The highest BCUT2D eigenvalue weighted by Crippen LogP contribution is 2.27. The van der Waals surface area contributed by atoms with Gasteiger partial charge in [-0.15, -0.1) is 0 Å². The minimum atomic E-state index is -0.550. The van der Waals surface area contributed by atoms with Crippen molar-refractivity contribution in [3.8, 4) is 11.3 Å². The summed E-state index contributed by atoms with van der Waals surface area (Å²) in [6, 6.07) is 11.4. The Labute approximate surface area is 86.3 Å². The topological polar surface area (TPSA) is 56.3 Å². The van der Waals surface area contributed by atoms with Gasteiger partial charge in [0.2, 0.25) is 0 Å². The fourth-order valence-electron chi connectivity index (χ4n) is 1.36. The molecule has 1 aromatic carbocycles. The van der Waals surface area contributed by atoms with Gasteiger partial charge in [0.15, 0.2) is 0 Å². The summed E-state index contributed by atoms with van der Waals surface area (Å²) in [5.74, 6) is 0.254. The van der Waals surface area contributed by atoms with Gasteiger partial charge < -0.3 is 4.42 Å². The quantitative estimate of drug-likeness (QED) is 0.555. The van der Waals surface area contributed by atoms with Crippen LogP contribution in [0.25, 0.3) is 11.3 Å². The Hall–Kier alpha value is -2.10. The van der Waals surface area contributed by atoms with Crippen LogP contribution in [0.5, 0.6) is 0 Å². The van der Waals surface area contributed by atoms with Gasteiger partial charge in [0.05, 0.1) is 6.07 Å². The van der Waals surface area contributed by atoms with Crippen molar-refractivity contribution in [1.29, 1.82) is 0 Å². The lowest BCUT2D eigenvalue weighted by Crippen LogP contribution is -1.83. The Morgan fingerprint density at radius 1 is 1.40 bits per heavy atom. The second kappa shape index (κ2) is 3.57. The van der Waals surface area contributed by atoms with Crippen molar-refractivity contribution >= 4 is 5.88 Å². The maximum atomic E-state index is 10.4. The van der Waals surface area contributed by atoms with E-state index in [0.717, 1.165) is 11.1 Å². The first-order valence-corrected chi connectivity index (χ1v) is 4.40. The van der Waals surface area contributed by atoms with Crippen molar-refractivity contribution in [2.75, 3.05) is 0 Å². The van der Waals surface area contributed by atoms with E-state index in [1.807, 2.05) is 19.1 Å². The zero-order chi connectivity index (χ0) is 10.8. The van der Waals surface area contributed by atoms with Crippen molar-refractivity contribution in [2.45, 2.75) is 6.92 Å². The first-order valence-electron chi connectivity index (χ1n) is 4.40. The molecule has 0 fully saturated rings. The molecule has 0 N–H and O–H groups in total. The number of nitro groups is 1. The lowest BCUT2D eigenvalue weighted by atomic mass is 10.1. The van der Waals surface area contributed by atoms with Crippen LogP contribution in [0.4, 0.5) is 5.88 Å². The van der Waals surface area contributed by atoms with E-state index in [2.05, 4.69) is 6.07 Å². The van der Waals surface area contributed by atoms with Crippen LogP contribution in [0, 0.1) is 23.1 Å². The molecule has 0 saturated carbocycles. The molecular weight excluding hydrogens is 194 g/mol. The average Bonchev–Trinajstić information content (AvgIpc) is 2.67. The molecule has 0 amide bonds. The normalized spacial score (nSPS) is 10.2. The van der Waals surface area contributed by atoms with E-state index in [0.29, 0.717) is 5.76 Å². The molecule has 0 atom stereocenters. The summed E-state index contributed by atoms with van der Waals surface area (Å²) in [5.41, 5.74) is 1.73. The molecule has 1 heterocycles. The standard InChI is InChI=1S/C11H8NO3/c1-8-4-2-3-5-9(8)10-6-7-11(15-10)12(13)14/h2-3,5-7H,1H3. The largest absolute Gasteiger partial charge is 0.433 e. The van der Waals surface area contributed by atoms with Gasteiger partial charge in [-0.05, 0) is 24.6 Å². The predicted octanol–water partition coefficient (Wildman–Crippen LogP) is 2.96. The zero-order valence-corrected chi connectivity index (χ0v) is 8.06. The molecule has 1 aromatic heterocycles. The smallest absolute Gasteiger partial charge is 0.401 e. The maximum absolute atomic E-state index is 10.4. The number of hydrogen-bond acceptors (Lipinski definition) is 3. The number of rotatable bonds is 2. The lowest BCUT2D eigenvalue weighted by Gasteiger charge is -1.99. The Morgan fingerprint density at radius 2 is 2.20 bits per heavy atom. The Morgan fingerprint density at radius 3 is 2.80 bits per heavy atom. The molecule has 1 radical (unpaired) electrons. The Kier molecular flexibility index (Phi) is 2.25. The summed E-state index contributed by atoms with van der Waals surface area (Å²) in [6.07, 6.45) is 0. The SMILES string of the molecule is Cc1[c]cccc1-c1ccc([N+](=O)[O-])o1. The molecule has 0 aliphatic heterocycles. The zero-order valence-electron chi connectivity index (χ0n) is 8.06. The fraction of sp³-hybridized carbons (Fsp3) is 0.0909. The monoisotopic (exact) mass is 202 g/mol. The van der Waals surface area contributed by atoms with E-state index < -0.39 is 4.92 Å². The minimum absolute atomic E-state index is 0.242. The molecule has 0 saturated heterocycles. The number of nitrogens with zero attached hydrogens (tertiary/aromatic N) is 1. The number of furan rings is 1. The fourth-order valence-corrected chi connectivity index (χ4v) is 1.36. The Bertz CT molecular complexity index is 502. The lowest BCUT2D eigenvalue weighted by molar-refractivity contribution is -0.401. The highest BCUT2D eigenvalue weighted by Gasteiger charge is 2.13. The van der Waals surface area contributed by atoms with Crippen LogP contribution in [-0.2, 0) is 0 Å². The third-order valence-electron chi connectivity index (χ3n) is 2.10. The molecule has 4 nitrogen and oxygen atoms in total. The van der Waals surface area contributed by atoms with Gasteiger partial charge >= 0.3 is 5.88 Å². The van der Waals surface area contributed by atoms with Crippen molar-refractivity contribution in [3.63, 3.8) is 0 Å². The summed E-state index contributed by atoms with van der Waals surface area (Å²) >= 11 is 0. The van der Waals surface area contributed by atoms with Crippen LogP contribution in [0.2, 0.25) is 0 Å². The van der Waals surface area contributed by atoms with Crippen molar-refractivity contribution in [2.24, 2.45) is 0 Å². The molecule has 4 heteroatoms. The first-order chi connectivity index (χ1) is 7.18. The molecular formula is C11H8NO3.